The van der Waals surface area contributed by atoms with Crippen LogP contribution in [0.3, 0.4) is 0 Å². The average Bonchev–Trinajstić information content (AvgIpc) is 3.41. The van der Waals surface area contributed by atoms with Gasteiger partial charge in [0.15, 0.2) is 0 Å². The van der Waals surface area contributed by atoms with Crippen molar-refractivity contribution in [1.82, 2.24) is 19.7 Å². The predicted molar refractivity (Wildman–Crippen MR) is 153 cm³/mol. The van der Waals surface area contributed by atoms with Crippen molar-refractivity contribution in [2.45, 2.75) is 92.5 Å². The topological polar surface area (TPSA) is 84.3 Å². The van der Waals surface area contributed by atoms with Crippen LogP contribution in [0, 0.1) is 6.92 Å². The molecule has 0 fully saturated rings. The lowest BCUT2D eigenvalue weighted by Crippen LogP contribution is -2.27. The van der Waals surface area contributed by atoms with Crippen molar-refractivity contribution in [1.29, 1.82) is 0 Å². The SMILES string of the molecule is CCN1Cc2cnc(Nc3cc(CCc4cc(NC(=O)OC(C)(C)C)ccc4C)nn3C(C)(C)C)cc2C1. The number of carbonyl (C=O) groups excluding carboxylic acids is 1. The summed E-state index contributed by atoms with van der Waals surface area (Å²) in [4.78, 5) is 19.3. The highest BCUT2D eigenvalue weighted by Crippen LogP contribution is 2.28. The number of anilines is 3. The minimum atomic E-state index is -0.541. The maximum Gasteiger partial charge on any atom is 0.412 e. The first kappa shape index (κ1) is 27.6. The summed E-state index contributed by atoms with van der Waals surface area (Å²) in [6.45, 7) is 19.3. The summed E-state index contributed by atoms with van der Waals surface area (Å²) in [6.07, 6.45) is 3.12. The van der Waals surface area contributed by atoms with Gasteiger partial charge in [-0.2, -0.15) is 5.10 Å². The van der Waals surface area contributed by atoms with Crippen LogP contribution in [-0.4, -0.2) is 37.9 Å². The van der Waals surface area contributed by atoms with E-state index in [4.69, 9.17) is 9.84 Å². The first-order chi connectivity index (χ1) is 17.8. The molecule has 8 heteroatoms. The number of hydrogen-bond donors (Lipinski definition) is 2. The molecular formula is C30H42N6O2. The fourth-order valence-corrected chi connectivity index (χ4v) is 4.63. The molecule has 0 radical (unpaired) electrons. The molecule has 3 heterocycles. The number of carbonyl (C=O) groups is 1. The second-order valence-corrected chi connectivity index (χ2v) is 12.1. The van der Waals surface area contributed by atoms with Gasteiger partial charge in [0.05, 0.1) is 11.2 Å². The summed E-state index contributed by atoms with van der Waals surface area (Å²) in [5.74, 6) is 1.78. The Morgan fingerprint density at radius 1 is 1.03 bits per heavy atom. The Hall–Kier alpha value is -3.39. The van der Waals surface area contributed by atoms with Crippen molar-refractivity contribution in [2.24, 2.45) is 0 Å². The third kappa shape index (κ3) is 6.92. The molecule has 0 saturated heterocycles. The summed E-state index contributed by atoms with van der Waals surface area (Å²) in [7, 11) is 0. The quantitative estimate of drug-likeness (QED) is 0.369. The van der Waals surface area contributed by atoms with Gasteiger partial charge in [0.25, 0.3) is 0 Å². The lowest BCUT2D eigenvalue weighted by atomic mass is 10.0. The van der Waals surface area contributed by atoms with Crippen LogP contribution in [0.1, 0.15) is 76.4 Å². The number of fused-ring (bicyclic) bond motifs is 1. The molecule has 0 spiro atoms. The molecule has 2 N–H and O–H groups in total. The fourth-order valence-electron chi connectivity index (χ4n) is 4.63. The maximum absolute atomic E-state index is 12.2. The lowest BCUT2D eigenvalue weighted by Gasteiger charge is -2.22. The average molecular weight is 519 g/mol. The molecule has 1 aliphatic rings. The highest BCUT2D eigenvalue weighted by molar-refractivity contribution is 5.85. The largest absolute Gasteiger partial charge is 0.444 e. The van der Waals surface area contributed by atoms with Crippen LogP contribution in [0.2, 0.25) is 0 Å². The summed E-state index contributed by atoms with van der Waals surface area (Å²) in [6, 6.07) is 10.2. The zero-order valence-electron chi connectivity index (χ0n) is 24.1. The van der Waals surface area contributed by atoms with Crippen molar-refractivity contribution in [3.63, 3.8) is 0 Å². The van der Waals surface area contributed by atoms with E-state index in [-0.39, 0.29) is 5.54 Å². The summed E-state index contributed by atoms with van der Waals surface area (Å²) >= 11 is 0. The van der Waals surface area contributed by atoms with Crippen molar-refractivity contribution in [2.75, 3.05) is 17.2 Å². The van der Waals surface area contributed by atoms with E-state index >= 15 is 0 Å². The van der Waals surface area contributed by atoms with E-state index in [1.165, 1.54) is 22.3 Å². The molecule has 38 heavy (non-hydrogen) atoms. The van der Waals surface area contributed by atoms with Crippen molar-refractivity contribution in [3.05, 3.63) is 64.5 Å². The highest BCUT2D eigenvalue weighted by atomic mass is 16.6. The fraction of sp³-hybridized carbons (Fsp3) is 0.500. The van der Waals surface area contributed by atoms with E-state index in [1.54, 1.807) is 0 Å². The Balaban J connectivity index is 1.48. The zero-order valence-corrected chi connectivity index (χ0v) is 24.1. The van der Waals surface area contributed by atoms with Crippen LogP contribution >= 0.6 is 0 Å². The number of hydrogen-bond acceptors (Lipinski definition) is 6. The Labute approximate surface area is 226 Å². The van der Waals surface area contributed by atoms with Crippen molar-refractivity contribution in [3.8, 4) is 0 Å². The van der Waals surface area contributed by atoms with E-state index in [1.807, 2.05) is 49.8 Å². The first-order valence-electron chi connectivity index (χ1n) is 13.5. The second-order valence-electron chi connectivity index (χ2n) is 12.1. The third-order valence-electron chi connectivity index (χ3n) is 6.61. The molecule has 0 atom stereocenters. The van der Waals surface area contributed by atoms with E-state index in [2.05, 4.69) is 67.3 Å². The number of aromatic nitrogens is 3. The number of rotatable bonds is 7. The second kappa shape index (κ2) is 10.8. The normalized spacial score (nSPS) is 13.9. The molecule has 1 amide bonds. The zero-order chi connectivity index (χ0) is 27.7. The summed E-state index contributed by atoms with van der Waals surface area (Å²) in [5, 5.41) is 11.3. The van der Waals surface area contributed by atoms with Crippen LogP contribution in [0.5, 0.6) is 0 Å². The molecule has 0 bridgehead atoms. The number of benzene rings is 1. The van der Waals surface area contributed by atoms with Gasteiger partial charge in [-0.1, -0.05) is 13.0 Å². The van der Waals surface area contributed by atoms with Gasteiger partial charge >= 0.3 is 6.09 Å². The van der Waals surface area contributed by atoms with E-state index in [0.717, 1.165) is 55.5 Å². The molecule has 2 aromatic heterocycles. The van der Waals surface area contributed by atoms with E-state index < -0.39 is 11.7 Å². The van der Waals surface area contributed by atoms with Gasteiger partial charge in [-0.05, 0) is 108 Å². The maximum atomic E-state index is 12.2. The third-order valence-corrected chi connectivity index (χ3v) is 6.61. The standard InChI is InChI=1S/C30H42N6O2/c1-9-35-18-22-15-26(31-17-23(22)19-35)33-27-16-25(34-36(27)29(3,4)5)13-11-21-14-24(12-10-20(21)2)32-28(37)38-30(6,7)8/h10,12,14-17H,9,11,13,18-19H2,1-8H3,(H,31,33)(H,32,37). The van der Waals surface area contributed by atoms with Crippen LogP contribution in [0.15, 0.2) is 36.5 Å². The van der Waals surface area contributed by atoms with Gasteiger partial charge in [-0.3, -0.25) is 10.2 Å². The number of pyridine rings is 1. The van der Waals surface area contributed by atoms with E-state index in [0.29, 0.717) is 0 Å². The molecule has 3 aromatic rings. The number of ether oxygens (including phenoxy) is 1. The van der Waals surface area contributed by atoms with Crippen molar-refractivity contribution < 1.29 is 9.53 Å². The Morgan fingerprint density at radius 3 is 2.45 bits per heavy atom. The van der Waals surface area contributed by atoms with Gasteiger partial charge in [-0.15, -0.1) is 0 Å². The molecule has 0 unspecified atom stereocenters. The monoisotopic (exact) mass is 518 g/mol. The molecule has 1 aliphatic heterocycles. The number of nitrogens with one attached hydrogen (secondary N) is 2. The van der Waals surface area contributed by atoms with Crippen molar-refractivity contribution >= 4 is 23.4 Å². The molecule has 204 valence electrons. The smallest absolute Gasteiger partial charge is 0.412 e. The molecule has 1 aromatic carbocycles. The molecule has 0 saturated carbocycles. The summed E-state index contributed by atoms with van der Waals surface area (Å²) < 4.78 is 7.44. The highest BCUT2D eigenvalue weighted by Gasteiger charge is 2.22. The van der Waals surface area contributed by atoms with Gasteiger partial charge in [-0.25, -0.2) is 14.5 Å². The minimum absolute atomic E-state index is 0.191. The molecule has 4 rings (SSSR count). The summed E-state index contributed by atoms with van der Waals surface area (Å²) in [5.41, 5.74) is 5.99. The first-order valence-corrected chi connectivity index (χ1v) is 13.5. The van der Waals surface area contributed by atoms with E-state index in [9.17, 15) is 4.79 Å². The van der Waals surface area contributed by atoms with Crippen LogP contribution in [-0.2, 0) is 36.2 Å². The molecule has 8 nitrogen and oxygen atoms in total. The van der Waals surface area contributed by atoms with Gasteiger partial charge < -0.3 is 10.1 Å². The number of amides is 1. The number of aryl methyl sites for hydroxylation is 3. The Kier molecular flexibility index (Phi) is 7.83. The van der Waals surface area contributed by atoms with Gasteiger partial charge in [0.2, 0.25) is 0 Å². The van der Waals surface area contributed by atoms with Gasteiger partial charge in [0.1, 0.15) is 17.2 Å². The predicted octanol–water partition coefficient (Wildman–Crippen LogP) is 6.55. The molecule has 0 aliphatic carbocycles. The minimum Gasteiger partial charge on any atom is -0.444 e. The Morgan fingerprint density at radius 2 is 1.76 bits per heavy atom. The molecular weight excluding hydrogens is 476 g/mol. The van der Waals surface area contributed by atoms with Crippen LogP contribution in [0.4, 0.5) is 22.1 Å². The Bertz CT molecular complexity index is 1300. The number of nitrogens with zero attached hydrogens (tertiary/aromatic N) is 4. The lowest BCUT2D eigenvalue weighted by molar-refractivity contribution is 0.0636. The van der Waals surface area contributed by atoms with Crippen LogP contribution < -0.4 is 10.6 Å². The van der Waals surface area contributed by atoms with Gasteiger partial charge in [0, 0.05) is 31.0 Å². The van der Waals surface area contributed by atoms with Crippen LogP contribution in [0.25, 0.3) is 0 Å².